The maximum absolute atomic E-state index is 6.12. The van der Waals surface area contributed by atoms with Crippen molar-refractivity contribution in [3.8, 4) is 0 Å². The van der Waals surface area contributed by atoms with E-state index in [0.717, 1.165) is 62.5 Å². The van der Waals surface area contributed by atoms with Crippen molar-refractivity contribution < 1.29 is 13.9 Å². The number of nitrogens with one attached hydrogen (secondary N) is 1. The third kappa shape index (κ3) is 3.80. The van der Waals surface area contributed by atoms with Gasteiger partial charge in [0, 0.05) is 25.9 Å². The summed E-state index contributed by atoms with van der Waals surface area (Å²) in [5.41, 5.74) is 3.22. The van der Waals surface area contributed by atoms with Gasteiger partial charge in [-0.25, -0.2) is 4.98 Å². The Morgan fingerprint density at radius 2 is 2.00 bits per heavy atom. The van der Waals surface area contributed by atoms with Crippen molar-refractivity contribution in [2.75, 3.05) is 19.8 Å². The maximum Gasteiger partial charge on any atom is 0.209 e. The summed E-state index contributed by atoms with van der Waals surface area (Å²) in [6.45, 7) is 9.76. The highest BCUT2D eigenvalue weighted by atomic mass is 16.5. The van der Waals surface area contributed by atoms with E-state index >= 15 is 0 Å². The van der Waals surface area contributed by atoms with Crippen LogP contribution in [0.2, 0.25) is 0 Å². The number of benzene rings is 1. The molecule has 1 N–H and O–H groups in total. The highest BCUT2D eigenvalue weighted by molar-refractivity contribution is 5.73. The Kier molecular flexibility index (Phi) is 4.80. The summed E-state index contributed by atoms with van der Waals surface area (Å²) in [7, 11) is 0. The summed E-state index contributed by atoms with van der Waals surface area (Å²) in [6, 6.07) is 6.77. The first kappa shape index (κ1) is 18.0. The Morgan fingerprint density at radius 3 is 2.77 bits per heavy atom. The lowest BCUT2D eigenvalue weighted by atomic mass is 9.84. The van der Waals surface area contributed by atoms with Crippen molar-refractivity contribution in [3.05, 3.63) is 29.7 Å². The molecule has 1 atom stereocenters. The monoisotopic (exact) mass is 358 g/mol. The number of fused-ring (bicyclic) bond motifs is 1. The van der Waals surface area contributed by atoms with Crippen LogP contribution in [0.15, 0.2) is 22.6 Å². The van der Waals surface area contributed by atoms with Crippen LogP contribution >= 0.6 is 0 Å². The van der Waals surface area contributed by atoms with Crippen LogP contribution in [-0.4, -0.2) is 36.4 Å². The first-order valence-electron chi connectivity index (χ1n) is 9.79. The molecule has 1 spiro atoms. The average molecular weight is 358 g/mol. The van der Waals surface area contributed by atoms with Gasteiger partial charge in [0.2, 0.25) is 5.89 Å². The molecule has 2 fully saturated rings. The molecule has 0 aliphatic carbocycles. The summed E-state index contributed by atoms with van der Waals surface area (Å²) in [6.07, 6.45) is 4.09. The number of hydrogen-bond donors (Lipinski definition) is 1. The van der Waals surface area contributed by atoms with E-state index in [1.807, 2.05) is 6.07 Å². The topological polar surface area (TPSA) is 56.5 Å². The van der Waals surface area contributed by atoms with Gasteiger partial charge in [0.1, 0.15) is 5.52 Å². The molecule has 5 nitrogen and oxygen atoms in total. The molecule has 4 rings (SSSR count). The molecule has 3 heterocycles. The van der Waals surface area contributed by atoms with Crippen LogP contribution in [-0.2, 0) is 21.4 Å². The van der Waals surface area contributed by atoms with E-state index in [-0.39, 0.29) is 11.0 Å². The molecule has 2 aliphatic heterocycles. The molecular formula is C21H30N2O3. The first-order chi connectivity index (χ1) is 12.4. The smallest absolute Gasteiger partial charge is 0.209 e. The van der Waals surface area contributed by atoms with Gasteiger partial charge in [0.05, 0.1) is 12.1 Å². The molecular weight excluding hydrogens is 328 g/mol. The van der Waals surface area contributed by atoms with Crippen LogP contribution < -0.4 is 5.32 Å². The van der Waals surface area contributed by atoms with E-state index in [4.69, 9.17) is 18.9 Å². The Bertz CT molecular complexity index is 751. The predicted octanol–water partition coefficient (Wildman–Crippen LogP) is 3.94. The quantitative estimate of drug-likeness (QED) is 0.900. The second kappa shape index (κ2) is 6.95. The molecule has 2 aromatic rings. The normalized spacial score (nSPS) is 23.6. The van der Waals surface area contributed by atoms with Crippen molar-refractivity contribution >= 4 is 11.1 Å². The van der Waals surface area contributed by atoms with Crippen molar-refractivity contribution in [1.29, 1.82) is 0 Å². The lowest BCUT2D eigenvalue weighted by molar-refractivity contribution is -0.140. The minimum atomic E-state index is 0.0110. The molecule has 1 aromatic heterocycles. The van der Waals surface area contributed by atoms with Gasteiger partial charge in [0.15, 0.2) is 5.58 Å². The lowest BCUT2D eigenvalue weighted by Gasteiger charge is -2.43. The summed E-state index contributed by atoms with van der Waals surface area (Å²) < 4.78 is 17.6. The van der Waals surface area contributed by atoms with Gasteiger partial charge in [-0.05, 0) is 48.8 Å². The van der Waals surface area contributed by atoms with Crippen LogP contribution in [0.25, 0.3) is 11.1 Å². The van der Waals surface area contributed by atoms with Crippen LogP contribution in [0.5, 0.6) is 0 Å². The van der Waals surface area contributed by atoms with Crippen LogP contribution in [0.1, 0.15) is 57.9 Å². The average Bonchev–Trinajstić information content (AvgIpc) is 3.02. The first-order valence-corrected chi connectivity index (χ1v) is 9.79. The summed E-state index contributed by atoms with van der Waals surface area (Å²) in [5, 5.41) is 3.64. The number of oxazole rings is 1. The summed E-state index contributed by atoms with van der Waals surface area (Å²) in [5.74, 6) is 0.763. The fourth-order valence-corrected chi connectivity index (χ4v) is 4.04. The zero-order chi connectivity index (χ0) is 18.2. The molecule has 26 heavy (non-hydrogen) atoms. The van der Waals surface area contributed by atoms with E-state index in [1.54, 1.807) is 0 Å². The summed E-state index contributed by atoms with van der Waals surface area (Å²) >= 11 is 0. The van der Waals surface area contributed by atoms with Crippen molar-refractivity contribution in [2.24, 2.45) is 0 Å². The standard InChI is InChI=1S/C21H30N2O3/c1-20(2,3)15-4-5-18-17(12-15)23-19(26-18)14-22-16-6-9-25-21(13-16)7-10-24-11-8-21/h4-5,12,16,22H,6-11,13-14H2,1-3H3/t16-/m1/s1. The molecule has 1 aromatic carbocycles. The van der Waals surface area contributed by atoms with E-state index in [9.17, 15) is 0 Å². The second-order valence-corrected chi connectivity index (χ2v) is 8.75. The number of hydrogen-bond acceptors (Lipinski definition) is 5. The minimum absolute atomic E-state index is 0.0110. The van der Waals surface area contributed by atoms with E-state index in [0.29, 0.717) is 12.6 Å². The Balaban J connectivity index is 1.41. The van der Waals surface area contributed by atoms with Crippen LogP contribution in [0, 0.1) is 0 Å². The van der Waals surface area contributed by atoms with Gasteiger partial charge in [-0.3, -0.25) is 0 Å². The highest BCUT2D eigenvalue weighted by Crippen LogP contribution is 2.34. The van der Waals surface area contributed by atoms with E-state index in [1.165, 1.54) is 5.56 Å². The molecule has 0 bridgehead atoms. The highest BCUT2D eigenvalue weighted by Gasteiger charge is 2.38. The fourth-order valence-electron chi connectivity index (χ4n) is 4.04. The van der Waals surface area contributed by atoms with Gasteiger partial charge in [-0.15, -0.1) is 0 Å². The molecule has 0 saturated carbocycles. The number of ether oxygens (including phenoxy) is 2. The molecule has 0 unspecified atom stereocenters. The third-order valence-corrected chi connectivity index (χ3v) is 5.74. The van der Waals surface area contributed by atoms with Crippen molar-refractivity contribution in [3.63, 3.8) is 0 Å². The van der Waals surface area contributed by atoms with E-state index < -0.39 is 0 Å². The van der Waals surface area contributed by atoms with Crippen molar-refractivity contribution in [2.45, 2.75) is 70.1 Å². The Morgan fingerprint density at radius 1 is 1.19 bits per heavy atom. The minimum Gasteiger partial charge on any atom is -0.439 e. The third-order valence-electron chi connectivity index (χ3n) is 5.74. The Hall–Kier alpha value is -1.43. The van der Waals surface area contributed by atoms with E-state index in [2.05, 4.69) is 38.2 Å². The molecule has 5 heteroatoms. The molecule has 0 radical (unpaired) electrons. The largest absolute Gasteiger partial charge is 0.439 e. The molecule has 0 amide bonds. The summed E-state index contributed by atoms with van der Waals surface area (Å²) in [4.78, 5) is 4.69. The SMILES string of the molecule is CC(C)(C)c1ccc2oc(CN[C@@H]3CCOC4(CCOCC4)C3)nc2c1. The van der Waals surface area contributed by atoms with Crippen LogP contribution in [0.4, 0.5) is 0 Å². The zero-order valence-electron chi connectivity index (χ0n) is 16.1. The molecule has 2 saturated heterocycles. The predicted molar refractivity (Wildman–Crippen MR) is 101 cm³/mol. The lowest BCUT2D eigenvalue weighted by Crippen LogP contribution is -2.49. The Labute approximate surface area is 155 Å². The second-order valence-electron chi connectivity index (χ2n) is 8.75. The fraction of sp³-hybridized carbons (Fsp3) is 0.667. The molecule has 142 valence electrons. The number of aromatic nitrogens is 1. The zero-order valence-corrected chi connectivity index (χ0v) is 16.1. The van der Waals surface area contributed by atoms with Gasteiger partial charge in [0.25, 0.3) is 0 Å². The van der Waals surface area contributed by atoms with Gasteiger partial charge in [-0.1, -0.05) is 26.8 Å². The molecule has 2 aliphatic rings. The van der Waals surface area contributed by atoms with Crippen molar-refractivity contribution in [1.82, 2.24) is 10.3 Å². The number of rotatable bonds is 3. The van der Waals surface area contributed by atoms with Gasteiger partial charge < -0.3 is 19.2 Å². The number of nitrogens with zero attached hydrogens (tertiary/aromatic N) is 1. The van der Waals surface area contributed by atoms with Gasteiger partial charge >= 0.3 is 0 Å². The van der Waals surface area contributed by atoms with Gasteiger partial charge in [-0.2, -0.15) is 0 Å². The van der Waals surface area contributed by atoms with Crippen LogP contribution in [0.3, 0.4) is 0 Å². The maximum atomic E-state index is 6.12.